The topological polar surface area (TPSA) is 109 Å². The molecule has 0 radical (unpaired) electrons. The van der Waals surface area contributed by atoms with Crippen LogP contribution in [-0.4, -0.2) is 25.5 Å². The summed E-state index contributed by atoms with van der Waals surface area (Å²) < 4.78 is 26.8. The molecule has 8 heteroatoms. The Balaban J connectivity index is 1.99. The van der Waals surface area contributed by atoms with E-state index in [4.69, 9.17) is 22.4 Å². The molecule has 128 valence electrons. The first kappa shape index (κ1) is 18.4. The van der Waals surface area contributed by atoms with Crippen molar-refractivity contribution >= 4 is 27.6 Å². The van der Waals surface area contributed by atoms with E-state index in [9.17, 15) is 13.2 Å². The van der Waals surface area contributed by atoms with Gasteiger partial charge in [0.25, 0.3) is 0 Å². The molecule has 0 amide bonds. The van der Waals surface area contributed by atoms with Gasteiger partial charge in [0.1, 0.15) is 6.04 Å². The first-order valence-corrected chi connectivity index (χ1v) is 8.95. The standard InChI is InChI=1S/C16H17ClN2O4S/c17-13-5-7-14(8-6-13)24(22,23)19-10-12-3-1-11(2-4-12)9-15(18)16(20)21/h1-8,15,19H,9-10,18H2,(H,20,21)/t15-/m0/s1. The second-order valence-corrected chi connectivity index (χ2v) is 7.45. The number of aliphatic carboxylic acids is 1. The molecule has 0 aromatic heterocycles. The van der Waals surface area contributed by atoms with E-state index in [1.54, 1.807) is 24.3 Å². The summed E-state index contributed by atoms with van der Waals surface area (Å²) >= 11 is 5.74. The molecule has 24 heavy (non-hydrogen) atoms. The highest BCUT2D eigenvalue weighted by Gasteiger charge is 2.14. The number of carboxylic acids is 1. The van der Waals surface area contributed by atoms with Crippen molar-refractivity contribution in [2.24, 2.45) is 5.73 Å². The Morgan fingerprint density at radius 3 is 2.17 bits per heavy atom. The van der Waals surface area contributed by atoms with Gasteiger partial charge in [0.05, 0.1) is 4.90 Å². The molecule has 0 saturated heterocycles. The molecule has 1 atom stereocenters. The predicted octanol–water partition coefficient (Wildman–Crippen LogP) is 1.77. The van der Waals surface area contributed by atoms with Crippen molar-refractivity contribution < 1.29 is 18.3 Å². The van der Waals surface area contributed by atoms with Crippen LogP contribution in [0, 0.1) is 0 Å². The number of hydrogen-bond donors (Lipinski definition) is 3. The number of nitrogens with one attached hydrogen (secondary N) is 1. The van der Waals surface area contributed by atoms with E-state index in [2.05, 4.69) is 4.72 Å². The lowest BCUT2D eigenvalue weighted by Gasteiger charge is -2.09. The number of halogens is 1. The monoisotopic (exact) mass is 368 g/mol. The fourth-order valence-electron chi connectivity index (χ4n) is 2.01. The molecule has 6 nitrogen and oxygen atoms in total. The Morgan fingerprint density at radius 2 is 1.62 bits per heavy atom. The molecule has 4 N–H and O–H groups in total. The number of sulfonamides is 1. The molecule has 0 bridgehead atoms. The van der Waals surface area contributed by atoms with Gasteiger partial charge in [-0.1, -0.05) is 35.9 Å². The van der Waals surface area contributed by atoms with E-state index in [1.165, 1.54) is 24.3 Å². The van der Waals surface area contributed by atoms with Crippen LogP contribution >= 0.6 is 11.6 Å². The average Bonchev–Trinajstić information content (AvgIpc) is 2.54. The van der Waals surface area contributed by atoms with Gasteiger partial charge in [0, 0.05) is 11.6 Å². The van der Waals surface area contributed by atoms with Crippen molar-refractivity contribution in [3.63, 3.8) is 0 Å². The molecule has 2 aromatic carbocycles. The number of nitrogens with two attached hydrogens (primary N) is 1. The van der Waals surface area contributed by atoms with Gasteiger partial charge in [-0.15, -0.1) is 0 Å². The Bertz CT molecular complexity index is 805. The predicted molar refractivity (Wildman–Crippen MR) is 91.2 cm³/mol. The molecule has 0 saturated carbocycles. The second-order valence-electron chi connectivity index (χ2n) is 5.24. The van der Waals surface area contributed by atoms with Crippen molar-refractivity contribution in [1.29, 1.82) is 0 Å². The van der Waals surface area contributed by atoms with Gasteiger partial charge >= 0.3 is 5.97 Å². The smallest absolute Gasteiger partial charge is 0.320 e. The Morgan fingerprint density at radius 1 is 1.08 bits per heavy atom. The van der Waals surface area contributed by atoms with Crippen LogP contribution in [0.4, 0.5) is 0 Å². The van der Waals surface area contributed by atoms with Crippen LogP contribution < -0.4 is 10.5 Å². The van der Waals surface area contributed by atoms with Gasteiger partial charge in [-0.05, 0) is 41.8 Å². The second kappa shape index (κ2) is 7.76. The average molecular weight is 369 g/mol. The highest BCUT2D eigenvalue weighted by Crippen LogP contribution is 2.14. The molecule has 2 aromatic rings. The van der Waals surface area contributed by atoms with E-state index in [0.29, 0.717) is 5.02 Å². The number of hydrogen-bond acceptors (Lipinski definition) is 4. The summed E-state index contributed by atoms with van der Waals surface area (Å²) in [4.78, 5) is 10.9. The highest BCUT2D eigenvalue weighted by atomic mass is 35.5. The molecule has 0 aliphatic rings. The van der Waals surface area contributed by atoms with Crippen molar-refractivity contribution in [3.8, 4) is 0 Å². The zero-order valence-corrected chi connectivity index (χ0v) is 14.2. The summed E-state index contributed by atoms with van der Waals surface area (Å²) in [7, 11) is -3.62. The summed E-state index contributed by atoms with van der Waals surface area (Å²) in [6.07, 6.45) is 0.214. The third-order valence-corrected chi connectivity index (χ3v) is 5.06. The fraction of sp³-hybridized carbons (Fsp3) is 0.188. The molecule has 0 aliphatic heterocycles. The van der Waals surface area contributed by atoms with Crippen LogP contribution in [0.1, 0.15) is 11.1 Å². The van der Waals surface area contributed by atoms with Gasteiger partial charge in [0.15, 0.2) is 0 Å². The quantitative estimate of drug-likeness (QED) is 0.690. The Hall–Kier alpha value is -1.93. The van der Waals surface area contributed by atoms with Crippen LogP contribution in [0.3, 0.4) is 0 Å². The van der Waals surface area contributed by atoms with Crippen molar-refractivity contribution in [1.82, 2.24) is 4.72 Å². The van der Waals surface area contributed by atoms with Gasteiger partial charge in [-0.2, -0.15) is 0 Å². The molecular formula is C16H17ClN2O4S. The minimum atomic E-state index is -3.62. The van der Waals surface area contributed by atoms with Crippen LogP contribution in [-0.2, 0) is 27.8 Å². The highest BCUT2D eigenvalue weighted by molar-refractivity contribution is 7.89. The summed E-state index contributed by atoms with van der Waals surface area (Å²) in [5.74, 6) is -1.06. The molecule has 0 spiro atoms. The Labute approximate surface area is 145 Å². The maximum absolute atomic E-state index is 12.2. The zero-order chi connectivity index (χ0) is 17.7. The lowest BCUT2D eigenvalue weighted by molar-refractivity contribution is -0.138. The van der Waals surface area contributed by atoms with Crippen LogP contribution in [0.25, 0.3) is 0 Å². The maximum Gasteiger partial charge on any atom is 0.320 e. The maximum atomic E-state index is 12.2. The molecular weight excluding hydrogens is 352 g/mol. The summed E-state index contributed by atoms with van der Waals surface area (Å²) in [6, 6.07) is 11.8. The van der Waals surface area contributed by atoms with Gasteiger partial charge in [-0.3, -0.25) is 4.79 Å². The normalized spacial score (nSPS) is 12.8. The molecule has 0 fully saturated rings. The van der Waals surface area contributed by atoms with Crippen LogP contribution in [0.15, 0.2) is 53.4 Å². The summed E-state index contributed by atoms with van der Waals surface area (Å²) in [5.41, 5.74) is 7.00. The molecule has 2 rings (SSSR count). The largest absolute Gasteiger partial charge is 0.480 e. The van der Waals surface area contributed by atoms with E-state index in [1.807, 2.05) is 0 Å². The minimum absolute atomic E-state index is 0.121. The third-order valence-electron chi connectivity index (χ3n) is 3.39. The van der Waals surface area contributed by atoms with E-state index >= 15 is 0 Å². The lowest BCUT2D eigenvalue weighted by atomic mass is 10.0. The molecule has 0 aliphatic carbocycles. The van der Waals surface area contributed by atoms with E-state index < -0.39 is 22.0 Å². The fourth-order valence-corrected chi connectivity index (χ4v) is 3.15. The van der Waals surface area contributed by atoms with Crippen molar-refractivity contribution in [3.05, 3.63) is 64.7 Å². The first-order valence-electron chi connectivity index (χ1n) is 7.09. The van der Waals surface area contributed by atoms with E-state index in [-0.39, 0.29) is 17.9 Å². The van der Waals surface area contributed by atoms with Crippen LogP contribution in [0.5, 0.6) is 0 Å². The number of carbonyl (C=O) groups is 1. The Kier molecular flexibility index (Phi) is 5.95. The summed E-state index contributed by atoms with van der Waals surface area (Å²) in [6.45, 7) is 0.121. The third kappa shape index (κ3) is 5.04. The lowest BCUT2D eigenvalue weighted by Crippen LogP contribution is -2.32. The van der Waals surface area contributed by atoms with Gasteiger partial charge in [0.2, 0.25) is 10.0 Å². The first-order chi connectivity index (χ1) is 11.3. The summed E-state index contributed by atoms with van der Waals surface area (Å²) in [5, 5.41) is 9.25. The van der Waals surface area contributed by atoms with Gasteiger partial charge in [-0.25, -0.2) is 13.1 Å². The van der Waals surface area contributed by atoms with Gasteiger partial charge < -0.3 is 10.8 Å². The SMILES string of the molecule is N[C@@H](Cc1ccc(CNS(=O)(=O)c2ccc(Cl)cc2)cc1)C(=O)O. The number of carboxylic acid groups (broad SMARTS) is 1. The molecule has 0 unspecified atom stereocenters. The van der Waals surface area contributed by atoms with E-state index in [0.717, 1.165) is 11.1 Å². The number of benzene rings is 2. The van der Waals surface area contributed by atoms with Crippen molar-refractivity contribution in [2.75, 3.05) is 0 Å². The zero-order valence-electron chi connectivity index (χ0n) is 12.6. The minimum Gasteiger partial charge on any atom is -0.480 e. The number of rotatable bonds is 7. The van der Waals surface area contributed by atoms with Crippen molar-refractivity contribution in [2.45, 2.75) is 23.9 Å². The van der Waals surface area contributed by atoms with Crippen LogP contribution in [0.2, 0.25) is 5.02 Å². The molecule has 0 heterocycles.